The van der Waals surface area contributed by atoms with E-state index < -0.39 is 60.2 Å². The second-order valence-corrected chi connectivity index (χ2v) is 10.2. The number of hydrogen-bond acceptors (Lipinski definition) is 8. The smallest absolute Gasteiger partial charge is 0.326 e. The van der Waals surface area contributed by atoms with E-state index in [1.807, 2.05) is 24.3 Å². The van der Waals surface area contributed by atoms with E-state index in [2.05, 4.69) is 30.9 Å². The molecule has 15 heteroatoms. The van der Waals surface area contributed by atoms with Gasteiger partial charge in [0.2, 0.25) is 17.7 Å². The number of para-hydroxylation sites is 1. The summed E-state index contributed by atoms with van der Waals surface area (Å²) in [6.45, 7) is 0.339. The minimum absolute atomic E-state index is 0.0614. The van der Waals surface area contributed by atoms with E-state index in [9.17, 15) is 29.1 Å². The third-order valence-corrected chi connectivity index (χ3v) is 6.90. The van der Waals surface area contributed by atoms with Crippen molar-refractivity contribution in [2.75, 3.05) is 6.54 Å². The second kappa shape index (κ2) is 16.0. The van der Waals surface area contributed by atoms with E-state index in [0.717, 1.165) is 16.5 Å². The first kappa shape index (κ1) is 32.8. The van der Waals surface area contributed by atoms with E-state index in [0.29, 0.717) is 25.1 Å². The van der Waals surface area contributed by atoms with Crippen molar-refractivity contribution in [1.82, 2.24) is 30.9 Å². The highest BCUT2D eigenvalue weighted by atomic mass is 16.4. The van der Waals surface area contributed by atoms with Gasteiger partial charge in [-0.1, -0.05) is 18.2 Å². The normalized spacial score (nSPS) is 13.9. The molecule has 0 spiro atoms. The molecular formula is C28H38N8O7. The lowest BCUT2D eigenvalue weighted by molar-refractivity contribution is -0.143. The first-order valence-corrected chi connectivity index (χ1v) is 13.9. The number of aliphatic carboxylic acids is 2. The number of rotatable bonds is 18. The number of carbonyl (C=O) groups is 5. The van der Waals surface area contributed by atoms with Crippen molar-refractivity contribution in [1.29, 1.82) is 0 Å². The van der Waals surface area contributed by atoms with E-state index >= 15 is 0 Å². The molecule has 3 rings (SSSR count). The van der Waals surface area contributed by atoms with E-state index in [-0.39, 0.29) is 25.7 Å². The summed E-state index contributed by atoms with van der Waals surface area (Å²) in [5.41, 5.74) is 13.9. The Morgan fingerprint density at radius 3 is 2.23 bits per heavy atom. The summed E-state index contributed by atoms with van der Waals surface area (Å²) in [6, 6.07) is 2.64. The minimum Gasteiger partial charge on any atom is -0.481 e. The zero-order valence-electron chi connectivity index (χ0n) is 23.5. The highest BCUT2D eigenvalue weighted by Crippen LogP contribution is 2.19. The van der Waals surface area contributed by atoms with Crippen LogP contribution < -0.4 is 27.4 Å². The van der Waals surface area contributed by atoms with Gasteiger partial charge in [-0.3, -0.25) is 19.2 Å². The van der Waals surface area contributed by atoms with Crippen molar-refractivity contribution < 1.29 is 34.2 Å². The van der Waals surface area contributed by atoms with Gasteiger partial charge in [0, 0.05) is 48.3 Å². The highest BCUT2D eigenvalue weighted by Gasteiger charge is 2.31. The Bertz CT molecular complexity index is 1390. The molecule has 4 atom stereocenters. The molecule has 4 unspecified atom stereocenters. The van der Waals surface area contributed by atoms with Gasteiger partial charge in [-0.15, -0.1) is 0 Å². The van der Waals surface area contributed by atoms with Crippen molar-refractivity contribution in [3.63, 3.8) is 0 Å². The van der Waals surface area contributed by atoms with E-state index in [4.69, 9.17) is 16.6 Å². The zero-order chi connectivity index (χ0) is 31.4. The van der Waals surface area contributed by atoms with Crippen LogP contribution in [0.25, 0.3) is 10.9 Å². The number of unbranched alkanes of at least 4 members (excludes halogenated alkanes) is 1. The summed E-state index contributed by atoms with van der Waals surface area (Å²) >= 11 is 0. The van der Waals surface area contributed by atoms with Crippen molar-refractivity contribution in [3.05, 3.63) is 54.2 Å². The largest absolute Gasteiger partial charge is 0.481 e. The SMILES string of the molecule is NCCCCC(NC(=O)C(Cc1c[nH]c2ccccc12)NC(=O)C(N)Cc1cnc[nH]1)C(=O)NC(CCC(=O)O)C(=O)O. The van der Waals surface area contributed by atoms with Crippen LogP contribution in [-0.4, -0.2) is 85.5 Å². The van der Waals surface area contributed by atoms with Gasteiger partial charge in [0.1, 0.15) is 18.1 Å². The summed E-state index contributed by atoms with van der Waals surface area (Å²) in [5, 5.41) is 27.0. The Kier molecular flexibility index (Phi) is 12.2. The molecule has 0 saturated heterocycles. The fourth-order valence-corrected chi connectivity index (χ4v) is 4.57. The predicted octanol–water partition coefficient (Wildman–Crippen LogP) is -0.464. The molecule has 0 saturated carbocycles. The molecule has 1 aromatic carbocycles. The summed E-state index contributed by atoms with van der Waals surface area (Å²) in [6.07, 6.45) is 5.23. The molecule has 43 heavy (non-hydrogen) atoms. The molecule has 232 valence electrons. The molecule has 15 nitrogen and oxygen atoms in total. The minimum atomic E-state index is -1.47. The number of hydrogen-bond donors (Lipinski definition) is 9. The predicted molar refractivity (Wildman–Crippen MR) is 155 cm³/mol. The molecule has 11 N–H and O–H groups in total. The van der Waals surface area contributed by atoms with Crippen molar-refractivity contribution in [3.8, 4) is 0 Å². The third-order valence-electron chi connectivity index (χ3n) is 6.90. The van der Waals surface area contributed by atoms with Crippen LogP contribution in [0.5, 0.6) is 0 Å². The first-order valence-electron chi connectivity index (χ1n) is 13.9. The molecule has 0 aliphatic rings. The molecule has 3 amide bonds. The molecular weight excluding hydrogens is 560 g/mol. The lowest BCUT2D eigenvalue weighted by atomic mass is 10.0. The number of fused-ring (bicyclic) bond motifs is 1. The van der Waals surface area contributed by atoms with Crippen LogP contribution in [0.2, 0.25) is 0 Å². The zero-order valence-corrected chi connectivity index (χ0v) is 23.5. The van der Waals surface area contributed by atoms with Crippen LogP contribution in [0, 0.1) is 0 Å². The standard InChI is InChI=1S/C28H38N8O7/c29-10-4-3-7-21(26(40)35-22(28(42)43)8-9-24(37)38)34-27(41)23(11-16-13-32-20-6-2-1-5-18(16)20)36-25(39)19(30)12-17-14-31-15-33-17/h1-2,5-6,13-15,19,21-23,32H,3-4,7-12,29-30H2,(H,31,33)(H,34,41)(H,35,40)(H,36,39)(H,37,38)(H,42,43). The first-order chi connectivity index (χ1) is 20.6. The van der Waals surface area contributed by atoms with Crippen molar-refractivity contribution in [2.24, 2.45) is 11.5 Å². The number of carbonyl (C=O) groups excluding carboxylic acids is 3. The van der Waals surface area contributed by atoms with Gasteiger partial charge in [0.05, 0.1) is 12.4 Å². The Morgan fingerprint density at radius 2 is 1.56 bits per heavy atom. The average molecular weight is 599 g/mol. The van der Waals surface area contributed by atoms with E-state index in [1.165, 1.54) is 12.5 Å². The molecule has 0 radical (unpaired) electrons. The lowest BCUT2D eigenvalue weighted by Gasteiger charge is -2.25. The quantitative estimate of drug-likeness (QED) is 0.0851. The summed E-state index contributed by atoms with van der Waals surface area (Å²) in [5.74, 6) is -4.69. The fourth-order valence-electron chi connectivity index (χ4n) is 4.57. The molecule has 2 aromatic heterocycles. The molecule has 0 aliphatic carbocycles. The van der Waals surface area contributed by atoms with Crippen LogP contribution in [0.15, 0.2) is 43.0 Å². The molecule has 0 aliphatic heterocycles. The van der Waals surface area contributed by atoms with Gasteiger partial charge in [-0.05, 0) is 43.9 Å². The van der Waals surface area contributed by atoms with Crippen LogP contribution in [0.1, 0.15) is 43.4 Å². The Morgan fingerprint density at radius 1 is 0.860 bits per heavy atom. The number of carboxylic acid groups (broad SMARTS) is 2. The maximum absolute atomic E-state index is 13.7. The fraction of sp³-hybridized carbons (Fsp3) is 0.429. The molecule has 3 aromatic rings. The molecule has 2 heterocycles. The Labute approximate surface area is 247 Å². The highest BCUT2D eigenvalue weighted by molar-refractivity contribution is 5.95. The van der Waals surface area contributed by atoms with E-state index in [1.54, 1.807) is 6.20 Å². The summed E-state index contributed by atoms with van der Waals surface area (Å²) < 4.78 is 0. The van der Waals surface area contributed by atoms with Gasteiger partial charge < -0.3 is 47.6 Å². The molecule has 0 bridgehead atoms. The number of benzene rings is 1. The van der Waals surface area contributed by atoms with Crippen molar-refractivity contribution >= 4 is 40.6 Å². The Balaban J connectivity index is 1.81. The number of aromatic nitrogens is 3. The molecule has 0 fully saturated rings. The number of imidazole rings is 1. The number of nitrogens with zero attached hydrogens (tertiary/aromatic N) is 1. The summed E-state index contributed by atoms with van der Waals surface area (Å²) in [7, 11) is 0. The monoisotopic (exact) mass is 598 g/mol. The number of carboxylic acids is 2. The second-order valence-electron chi connectivity index (χ2n) is 10.2. The van der Waals surface area contributed by atoms with Gasteiger partial charge in [-0.25, -0.2) is 9.78 Å². The number of nitrogens with one attached hydrogen (secondary N) is 5. The van der Waals surface area contributed by atoms with Crippen molar-refractivity contribution in [2.45, 2.75) is 69.1 Å². The summed E-state index contributed by atoms with van der Waals surface area (Å²) in [4.78, 5) is 72.5. The number of aromatic amines is 2. The average Bonchev–Trinajstić information content (AvgIpc) is 3.64. The van der Waals surface area contributed by atoms with Gasteiger partial charge in [0.15, 0.2) is 0 Å². The topological polar surface area (TPSA) is 258 Å². The number of nitrogens with two attached hydrogens (primary N) is 2. The van der Waals surface area contributed by atoms with Crippen LogP contribution in [0.3, 0.4) is 0 Å². The maximum Gasteiger partial charge on any atom is 0.326 e. The van der Waals surface area contributed by atoms with Gasteiger partial charge >= 0.3 is 11.9 Å². The number of H-pyrrole nitrogens is 2. The number of amides is 3. The maximum atomic E-state index is 13.7. The van der Waals surface area contributed by atoms with Crippen LogP contribution in [-0.2, 0) is 36.8 Å². The van der Waals surface area contributed by atoms with Gasteiger partial charge in [-0.2, -0.15) is 0 Å². The van der Waals surface area contributed by atoms with Crippen LogP contribution >= 0.6 is 0 Å². The van der Waals surface area contributed by atoms with Gasteiger partial charge in [0.25, 0.3) is 0 Å². The van der Waals surface area contributed by atoms with Crippen LogP contribution in [0.4, 0.5) is 0 Å². The Hall–Kier alpha value is -4.76. The lowest BCUT2D eigenvalue weighted by Crippen LogP contribution is -2.57. The third kappa shape index (κ3) is 9.93.